The number of hydrogen-bond acceptors (Lipinski definition) is 6. The van der Waals surface area contributed by atoms with Crippen LogP contribution in [0.4, 0.5) is 5.82 Å². The largest absolute Gasteiger partial charge is 0.496 e. The number of amides is 1. The second kappa shape index (κ2) is 13.6. The Kier molecular flexibility index (Phi) is 10.3. The van der Waals surface area contributed by atoms with Crippen LogP contribution >= 0.6 is 23.2 Å². The topological polar surface area (TPSA) is 118 Å². The number of nitrogens with one attached hydrogen (secondary N) is 2. The number of aliphatic carboxylic acids is 1. The fraction of sp³-hybridized carbons (Fsp3) is 0.259. The molecule has 2 aromatic carbocycles. The van der Waals surface area contributed by atoms with Crippen LogP contribution in [0.2, 0.25) is 10.0 Å². The Balaban J connectivity index is 1.59. The van der Waals surface area contributed by atoms with Gasteiger partial charge in [0.25, 0.3) is 5.91 Å². The summed E-state index contributed by atoms with van der Waals surface area (Å²) in [6.45, 7) is 0.626. The minimum atomic E-state index is -1.23. The molecule has 3 N–H and O–H groups in total. The lowest BCUT2D eigenvalue weighted by Crippen LogP contribution is -2.42. The van der Waals surface area contributed by atoms with Crippen molar-refractivity contribution >= 4 is 46.7 Å². The van der Waals surface area contributed by atoms with Crippen molar-refractivity contribution in [2.45, 2.75) is 31.7 Å². The van der Waals surface area contributed by atoms with E-state index in [1.807, 2.05) is 18.2 Å². The Morgan fingerprint density at radius 1 is 1.05 bits per heavy atom. The summed E-state index contributed by atoms with van der Waals surface area (Å²) in [6.07, 6.45) is 2.93. The fourth-order valence-corrected chi connectivity index (χ4v) is 4.28. The number of carbonyl (C=O) groups excluding carboxylic acids is 2. The molecule has 1 aromatic heterocycles. The molecule has 0 unspecified atom stereocenters. The number of pyridine rings is 1. The number of benzene rings is 2. The average molecular weight is 544 g/mol. The number of halogens is 2. The molecule has 0 saturated heterocycles. The van der Waals surface area contributed by atoms with Gasteiger partial charge in [0.1, 0.15) is 23.4 Å². The van der Waals surface area contributed by atoms with Gasteiger partial charge in [0, 0.05) is 37.6 Å². The summed E-state index contributed by atoms with van der Waals surface area (Å²) < 4.78 is 5.45. The molecule has 0 radical (unpaired) electrons. The van der Waals surface area contributed by atoms with Crippen molar-refractivity contribution < 1.29 is 24.2 Å². The first kappa shape index (κ1) is 28.0. The summed E-state index contributed by atoms with van der Waals surface area (Å²) >= 11 is 12.1. The van der Waals surface area contributed by atoms with Crippen LogP contribution in [0.5, 0.6) is 5.75 Å². The predicted octanol–water partition coefficient (Wildman–Crippen LogP) is 4.83. The molecular formula is C27H27Cl2N3O5. The highest BCUT2D eigenvalue weighted by Crippen LogP contribution is 2.25. The van der Waals surface area contributed by atoms with Crippen LogP contribution in [-0.2, 0) is 22.4 Å². The number of aromatic nitrogens is 1. The van der Waals surface area contributed by atoms with Crippen molar-refractivity contribution in [3.8, 4) is 5.75 Å². The first-order valence-corrected chi connectivity index (χ1v) is 12.3. The molecule has 8 nitrogen and oxygen atoms in total. The molecule has 0 bridgehead atoms. The first-order valence-electron chi connectivity index (χ1n) is 11.6. The van der Waals surface area contributed by atoms with Crippen molar-refractivity contribution in [3.63, 3.8) is 0 Å². The van der Waals surface area contributed by atoms with Gasteiger partial charge in [-0.2, -0.15) is 0 Å². The van der Waals surface area contributed by atoms with Gasteiger partial charge in [-0.15, -0.1) is 0 Å². The maximum absolute atomic E-state index is 12.7. The summed E-state index contributed by atoms with van der Waals surface area (Å²) in [5.41, 5.74) is 1.33. The average Bonchev–Trinajstić information content (AvgIpc) is 2.87. The summed E-state index contributed by atoms with van der Waals surface area (Å²) in [5, 5.41) is 15.6. The Morgan fingerprint density at radius 3 is 2.46 bits per heavy atom. The van der Waals surface area contributed by atoms with E-state index in [0.29, 0.717) is 36.3 Å². The van der Waals surface area contributed by atoms with Gasteiger partial charge in [-0.1, -0.05) is 47.5 Å². The van der Waals surface area contributed by atoms with Crippen molar-refractivity contribution in [1.82, 2.24) is 10.3 Å². The van der Waals surface area contributed by atoms with E-state index in [2.05, 4.69) is 15.6 Å². The van der Waals surface area contributed by atoms with E-state index < -0.39 is 17.9 Å². The highest BCUT2D eigenvalue weighted by atomic mass is 35.5. The van der Waals surface area contributed by atoms with Crippen LogP contribution in [0.3, 0.4) is 0 Å². The quantitative estimate of drug-likeness (QED) is 0.264. The molecule has 0 spiro atoms. The fourth-order valence-electron chi connectivity index (χ4n) is 3.71. The third-order valence-corrected chi connectivity index (χ3v) is 6.21. The van der Waals surface area contributed by atoms with Crippen molar-refractivity contribution in [2.75, 3.05) is 19.0 Å². The van der Waals surface area contributed by atoms with Crippen LogP contribution in [-0.4, -0.2) is 47.4 Å². The number of carboxylic acid groups (broad SMARTS) is 1. The zero-order valence-corrected chi connectivity index (χ0v) is 21.7. The van der Waals surface area contributed by atoms with Crippen LogP contribution in [0.1, 0.15) is 34.3 Å². The van der Waals surface area contributed by atoms with Gasteiger partial charge < -0.3 is 20.5 Å². The van der Waals surface area contributed by atoms with E-state index in [4.69, 9.17) is 27.9 Å². The summed E-state index contributed by atoms with van der Waals surface area (Å²) in [6, 6.07) is 14.1. The van der Waals surface area contributed by atoms with Crippen molar-refractivity contribution in [1.29, 1.82) is 0 Å². The Morgan fingerprint density at radius 2 is 1.81 bits per heavy atom. The lowest BCUT2D eigenvalue weighted by atomic mass is 9.99. The molecule has 3 aromatic rings. The highest BCUT2D eigenvalue weighted by molar-refractivity contribution is 6.39. The number of Topliss-reactive ketones (excluding diaryl/α,β-unsaturated/α-hetero) is 1. The van der Waals surface area contributed by atoms with E-state index in [1.54, 1.807) is 30.5 Å². The van der Waals surface area contributed by atoms with Gasteiger partial charge in [0.05, 0.1) is 22.7 Å². The van der Waals surface area contributed by atoms with Gasteiger partial charge in [-0.3, -0.25) is 9.59 Å². The van der Waals surface area contributed by atoms with Crippen molar-refractivity contribution in [3.05, 3.63) is 87.5 Å². The first-order chi connectivity index (χ1) is 17.8. The SMILES string of the molecule is COc1cc(C[C@H](NC(=O)c2c(Cl)cccc2Cl)C(=O)O)ccc1CC(=O)CCCNc1ccccn1. The van der Waals surface area contributed by atoms with Crippen LogP contribution in [0, 0.1) is 0 Å². The monoisotopic (exact) mass is 543 g/mol. The second-order valence-corrected chi connectivity index (χ2v) is 9.09. The molecule has 0 aliphatic carbocycles. The van der Waals surface area contributed by atoms with Gasteiger partial charge >= 0.3 is 5.97 Å². The van der Waals surface area contributed by atoms with Gasteiger partial charge in [-0.25, -0.2) is 9.78 Å². The Bertz CT molecular complexity index is 1230. The zero-order valence-electron chi connectivity index (χ0n) is 20.2. The van der Waals surface area contributed by atoms with E-state index in [0.717, 1.165) is 5.82 Å². The zero-order chi connectivity index (χ0) is 26.8. The smallest absolute Gasteiger partial charge is 0.326 e. The molecule has 0 aliphatic rings. The van der Waals surface area contributed by atoms with Gasteiger partial charge in [-0.05, 0) is 42.3 Å². The number of methoxy groups -OCH3 is 1. The maximum atomic E-state index is 12.7. The van der Waals surface area contributed by atoms with Gasteiger partial charge in [0.15, 0.2) is 0 Å². The number of carboxylic acids is 1. The summed E-state index contributed by atoms with van der Waals surface area (Å²) in [7, 11) is 1.49. The number of anilines is 1. The molecule has 0 saturated carbocycles. The third-order valence-electron chi connectivity index (χ3n) is 5.58. The maximum Gasteiger partial charge on any atom is 0.326 e. The standard InChI is InChI=1S/C27H27Cl2N3O5/c1-37-23-15-17(14-22(27(35)36)32-26(34)25-20(28)7-4-8-21(25)29)10-11-18(23)16-19(33)6-5-13-31-24-9-2-3-12-30-24/h2-4,7-12,15,22H,5-6,13-14,16H2,1H3,(H,30,31)(H,32,34)(H,35,36)/t22-/m0/s1. The van der Waals surface area contributed by atoms with Gasteiger partial charge in [0.2, 0.25) is 0 Å². The van der Waals surface area contributed by atoms with E-state index >= 15 is 0 Å². The molecule has 0 aliphatic heterocycles. The Labute approximate surface area is 225 Å². The molecule has 1 amide bonds. The lowest BCUT2D eigenvalue weighted by molar-refractivity contribution is -0.139. The third kappa shape index (κ3) is 8.20. The van der Waals surface area contributed by atoms with E-state index in [9.17, 15) is 19.5 Å². The summed E-state index contributed by atoms with van der Waals surface area (Å²) in [5.74, 6) is -0.606. The number of rotatable bonds is 13. The van der Waals surface area contributed by atoms with Crippen molar-refractivity contribution in [2.24, 2.45) is 0 Å². The molecule has 1 heterocycles. The Hall–Kier alpha value is -3.62. The number of hydrogen-bond donors (Lipinski definition) is 3. The normalized spacial score (nSPS) is 11.4. The molecule has 37 heavy (non-hydrogen) atoms. The lowest BCUT2D eigenvalue weighted by Gasteiger charge is -2.17. The highest BCUT2D eigenvalue weighted by Gasteiger charge is 2.24. The minimum absolute atomic E-state index is 0.00702. The summed E-state index contributed by atoms with van der Waals surface area (Å²) in [4.78, 5) is 41.2. The molecule has 10 heteroatoms. The van der Waals surface area contributed by atoms with E-state index in [1.165, 1.54) is 19.2 Å². The van der Waals surface area contributed by atoms with Crippen LogP contribution in [0.15, 0.2) is 60.8 Å². The molecule has 0 fully saturated rings. The predicted molar refractivity (Wildman–Crippen MR) is 143 cm³/mol. The number of nitrogens with zero attached hydrogens (tertiary/aromatic N) is 1. The number of ketones is 1. The molecule has 1 atom stereocenters. The second-order valence-electron chi connectivity index (χ2n) is 8.27. The number of carbonyl (C=O) groups is 3. The molecule has 3 rings (SSSR count). The van der Waals surface area contributed by atoms with Crippen LogP contribution < -0.4 is 15.4 Å². The van der Waals surface area contributed by atoms with E-state index in [-0.39, 0.29) is 34.2 Å². The molecule has 194 valence electrons. The number of ether oxygens (including phenoxy) is 1. The molecular weight excluding hydrogens is 517 g/mol. The minimum Gasteiger partial charge on any atom is -0.496 e. The van der Waals surface area contributed by atoms with Crippen LogP contribution in [0.25, 0.3) is 0 Å².